The van der Waals surface area contributed by atoms with Gasteiger partial charge in [0.25, 0.3) is 0 Å². The molecule has 0 saturated heterocycles. The normalized spacial score (nSPS) is 11.1. The van der Waals surface area contributed by atoms with E-state index in [1.807, 2.05) is 6.92 Å². The highest BCUT2D eigenvalue weighted by Gasteiger charge is 2.12. The van der Waals surface area contributed by atoms with Crippen molar-refractivity contribution in [2.75, 3.05) is 6.61 Å². The highest BCUT2D eigenvalue weighted by atomic mass is 16.4. The monoisotopic (exact) mass is 276 g/mol. The first-order valence-corrected chi connectivity index (χ1v) is 7.00. The van der Waals surface area contributed by atoms with E-state index in [4.69, 9.17) is 10.2 Å². The molecule has 0 aliphatic carbocycles. The van der Waals surface area contributed by atoms with Crippen LogP contribution in [-0.2, 0) is 13.0 Å². The molecule has 0 fully saturated rings. The summed E-state index contributed by atoms with van der Waals surface area (Å²) in [6, 6.07) is 5.05. The molecule has 0 aliphatic heterocycles. The van der Waals surface area contributed by atoms with Crippen molar-refractivity contribution in [2.45, 2.75) is 39.2 Å². The molecule has 0 saturated carbocycles. The fraction of sp³-hybridized carbons (Fsp3) is 0.467. The van der Waals surface area contributed by atoms with E-state index in [1.165, 1.54) is 0 Å². The van der Waals surface area contributed by atoms with Gasteiger partial charge in [0.2, 0.25) is 0 Å². The number of fused-ring (bicyclic) bond motifs is 1. The maximum atomic E-state index is 11.1. The second-order valence-electron chi connectivity index (χ2n) is 4.83. The number of imidazole rings is 1. The molecule has 5 heteroatoms. The van der Waals surface area contributed by atoms with Gasteiger partial charge in [-0.05, 0) is 37.5 Å². The number of nitrogens with zero attached hydrogens (tertiary/aromatic N) is 2. The molecule has 0 atom stereocenters. The van der Waals surface area contributed by atoms with E-state index in [1.54, 1.807) is 18.2 Å². The van der Waals surface area contributed by atoms with Crippen molar-refractivity contribution in [1.29, 1.82) is 0 Å². The lowest BCUT2D eigenvalue weighted by Crippen LogP contribution is -2.04. The van der Waals surface area contributed by atoms with Gasteiger partial charge in [-0.25, -0.2) is 9.78 Å². The van der Waals surface area contributed by atoms with Crippen LogP contribution in [0.15, 0.2) is 18.2 Å². The quantitative estimate of drug-likeness (QED) is 0.762. The van der Waals surface area contributed by atoms with E-state index in [2.05, 4.69) is 9.55 Å². The molecule has 0 unspecified atom stereocenters. The van der Waals surface area contributed by atoms with Gasteiger partial charge in [-0.2, -0.15) is 0 Å². The van der Waals surface area contributed by atoms with Crippen LogP contribution in [-0.4, -0.2) is 32.3 Å². The first-order valence-electron chi connectivity index (χ1n) is 7.00. The lowest BCUT2D eigenvalue weighted by molar-refractivity contribution is 0.0697. The van der Waals surface area contributed by atoms with Gasteiger partial charge in [-0.1, -0.05) is 6.92 Å². The van der Waals surface area contributed by atoms with Gasteiger partial charge in [-0.3, -0.25) is 0 Å². The Kier molecular flexibility index (Phi) is 4.74. The van der Waals surface area contributed by atoms with Crippen LogP contribution in [0.5, 0.6) is 0 Å². The predicted molar refractivity (Wildman–Crippen MR) is 77.0 cm³/mol. The number of aryl methyl sites for hydroxylation is 2. The highest BCUT2D eigenvalue weighted by Crippen LogP contribution is 2.19. The minimum atomic E-state index is -0.919. The van der Waals surface area contributed by atoms with Gasteiger partial charge in [0.15, 0.2) is 0 Å². The summed E-state index contributed by atoms with van der Waals surface area (Å²) < 4.78 is 2.10. The van der Waals surface area contributed by atoms with Gasteiger partial charge in [-0.15, -0.1) is 0 Å². The maximum Gasteiger partial charge on any atom is 0.335 e. The Labute approximate surface area is 117 Å². The summed E-state index contributed by atoms with van der Waals surface area (Å²) in [5.41, 5.74) is 2.01. The molecule has 0 amide bonds. The summed E-state index contributed by atoms with van der Waals surface area (Å²) in [5.74, 6) is 0.0597. The third kappa shape index (κ3) is 2.99. The maximum absolute atomic E-state index is 11.1. The van der Waals surface area contributed by atoms with Crippen molar-refractivity contribution in [1.82, 2.24) is 9.55 Å². The van der Waals surface area contributed by atoms with Crippen LogP contribution in [0.4, 0.5) is 0 Å². The third-order valence-electron chi connectivity index (χ3n) is 3.43. The van der Waals surface area contributed by atoms with E-state index in [0.29, 0.717) is 0 Å². The molecule has 108 valence electrons. The number of carboxylic acids is 1. The van der Waals surface area contributed by atoms with Gasteiger partial charge in [0, 0.05) is 19.6 Å². The molecule has 2 rings (SSSR count). The van der Waals surface area contributed by atoms with Gasteiger partial charge in [0.1, 0.15) is 5.82 Å². The van der Waals surface area contributed by atoms with Crippen LogP contribution in [0.2, 0.25) is 0 Å². The minimum absolute atomic E-state index is 0.217. The number of carboxylic acid groups (broad SMARTS) is 1. The van der Waals surface area contributed by atoms with Crippen molar-refractivity contribution >= 4 is 17.0 Å². The number of aliphatic hydroxyl groups excluding tert-OH is 1. The Morgan fingerprint density at radius 2 is 2.10 bits per heavy atom. The molecule has 2 aromatic rings. The summed E-state index contributed by atoms with van der Waals surface area (Å²) in [6.07, 6.45) is 3.53. The topological polar surface area (TPSA) is 75.3 Å². The number of unbranched alkanes of at least 4 members (excludes halogenated alkanes) is 2. The molecule has 1 aromatic carbocycles. The van der Waals surface area contributed by atoms with Gasteiger partial charge in [0.05, 0.1) is 16.6 Å². The number of aromatic carboxylic acids is 1. The fourth-order valence-corrected chi connectivity index (χ4v) is 2.38. The average molecular weight is 276 g/mol. The average Bonchev–Trinajstić information content (AvgIpc) is 2.80. The highest BCUT2D eigenvalue weighted by molar-refractivity contribution is 5.92. The smallest absolute Gasteiger partial charge is 0.335 e. The first kappa shape index (κ1) is 14.5. The SMILES string of the molecule is CCc1nc2ccc(C(=O)O)cc2n1CCCCCO. The Hall–Kier alpha value is -1.88. The molecule has 2 N–H and O–H groups in total. The lowest BCUT2D eigenvalue weighted by Gasteiger charge is -2.08. The summed E-state index contributed by atoms with van der Waals surface area (Å²) in [7, 11) is 0. The third-order valence-corrected chi connectivity index (χ3v) is 3.43. The summed E-state index contributed by atoms with van der Waals surface area (Å²) in [5, 5.41) is 17.9. The summed E-state index contributed by atoms with van der Waals surface area (Å²) >= 11 is 0. The van der Waals surface area contributed by atoms with Crippen LogP contribution in [0.3, 0.4) is 0 Å². The van der Waals surface area contributed by atoms with E-state index >= 15 is 0 Å². The van der Waals surface area contributed by atoms with Crippen molar-refractivity contribution < 1.29 is 15.0 Å². The number of rotatable bonds is 7. The van der Waals surface area contributed by atoms with Crippen molar-refractivity contribution in [2.24, 2.45) is 0 Å². The van der Waals surface area contributed by atoms with E-state index in [0.717, 1.165) is 49.1 Å². The summed E-state index contributed by atoms with van der Waals surface area (Å²) in [6.45, 7) is 3.07. The zero-order chi connectivity index (χ0) is 14.5. The molecule has 5 nitrogen and oxygen atoms in total. The molecular weight excluding hydrogens is 256 g/mol. The first-order chi connectivity index (χ1) is 9.67. The second-order valence-corrected chi connectivity index (χ2v) is 4.83. The Balaban J connectivity index is 2.33. The van der Waals surface area contributed by atoms with Crippen LogP contribution in [0.1, 0.15) is 42.4 Å². The largest absolute Gasteiger partial charge is 0.478 e. The standard InChI is InChI=1S/C15H20N2O3/c1-2-14-16-12-7-6-11(15(19)20)10-13(12)17(14)8-4-3-5-9-18/h6-7,10,18H,2-5,8-9H2,1H3,(H,19,20). The Morgan fingerprint density at radius 3 is 2.75 bits per heavy atom. The minimum Gasteiger partial charge on any atom is -0.478 e. The van der Waals surface area contributed by atoms with Crippen molar-refractivity contribution in [3.8, 4) is 0 Å². The number of benzene rings is 1. The fourth-order valence-electron chi connectivity index (χ4n) is 2.38. The van der Waals surface area contributed by atoms with Crippen LogP contribution < -0.4 is 0 Å². The number of carbonyl (C=O) groups is 1. The molecule has 0 aliphatic rings. The molecule has 0 bridgehead atoms. The van der Waals surface area contributed by atoms with E-state index < -0.39 is 5.97 Å². The van der Waals surface area contributed by atoms with Crippen LogP contribution in [0.25, 0.3) is 11.0 Å². The van der Waals surface area contributed by atoms with Gasteiger partial charge >= 0.3 is 5.97 Å². The number of aliphatic hydroxyl groups is 1. The molecule has 1 aromatic heterocycles. The zero-order valence-corrected chi connectivity index (χ0v) is 11.7. The second kappa shape index (κ2) is 6.52. The molecular formula is C15H20N2O3. The van der Waals surface area contributed by atoms with Crippen LogP contribution >= 0.6 is 0 Å². The molecule has 20 heavy (non-hydrogen) atoms. The molecule has 1 heterocycles. The Bertz CT molecular complexity index is 604. The number of hydrogen-bond acceptors (Lipinski definition) is 3. The van der Waals surface area contributed by atoms with Gasteiger partial charge < -0.3 is 14.8 Å². The number of aromatic nitrogens is 2. The van der Waals surface area contributed by atoms with E-state index in [9.17, 15) is 4.79 Å². The molecule has 0 radical (unpaired) electrons. The van der Waals surface area contributed by atoms with Crippen LogP contribution in [0, 0.1) is 0 Å². The van der Waals surface area contributed by atoms with Crippen molar-refractivity contribution in [3.05, 3.63) is 29.6 Å². The summed E-state index contributed by atoms with van der Waals surface area (Å²) in [4.78, 5) is 15.6. The zero-order valence-electron chi connectivity index (χ0n) is 11.7. The Morgan fingerprint density at radius 1 is 1.30 bits per heavy atom. The molecule has 0 spiro atoms. The number of hydrogen-bond donors (Lipinski definition) is 2. The predicted octanol–water partition coefficient (Wildman–Crippen LogP) is 2.46. The van der Waals surface area contributed by atoms with E-state index in [-0.39, 0.29) is 12.2 Å². The van der Waals surface area contributed by atoms with Crippen molar-refractivity contribution in [3.63, 3.8) is 0 Å². The lowest BCUT2D eigenvalue weighted by atomic mass is 10.2.